The van der Waals surface area contributed by atoms with Crippen molar-refractivity contribution in [1.29, 1.82) is 0 Å². The van der Waals surface area contributed by atoms with E-state index >= 15 is 0 Å². The van der Waals surface area contributed by atoms with E-state index in [2.05, 4.69) is 0 Å². The minimum Gasteiger partial charge on any atom is -0.388 e. The lowest BCUT2D eigenvalue weighted by Crippen LogP contribution is -2.70. The van der Waals surface area contributed by atoms with Crippen LogP contribution >= 0.6 is 22.6 Å². The predicted molar refractivity (Wildman–Crippen MR) is 79.5 cm³/mol. The highest BCUT2D eigenvalue weighted by molar-refractivity contribution is 14.1. The molecule has 0 bridgehead atoms. The molecule has 0 saturated heterocycles. The number of alkyl halides is 13. The normalized spacial score (nSPS) is 16.1. The molecule has 0 aliphatic carbocycles. The minimum absolute atomic E-state index is 0.455. The van der Waals surface area contributed by atoms with Crippen LogP contribution in [0.4, 0.5) is 57.1 Å². The number of rotatable bonds is 7. The number of halogens is 14. The van der Waals surface area contributed by atoms with Crippen molar-refractivity contribution in [1.82, 2.24) is 0 Å². The molecule has 0 aromatic heterocycles. The molecule has 1 rings (SSSR count). The summed E-state index contributed by atoms with van der Waals surface area (Å²) in [4.78, 5) is 0. The Balaban J connectivity index is 3.32. The molecule has 0 aliphatic rings. The summed E-state index contributed by atoms with van der Waals surface area (Å²) < 4.78 is 169. The molecular weight excluding hydrogens is 558 g/mol. The molecule has 1 aromatic carbocycles. The highest BCUT2D eigenvalue weighted by Gasteiger charge is 2.90. The third-order valence-electron chi connectivity index (χ3n) is 3.70. The Morgan fingerprint density at radius 3 is 1.41 bits per heavy atom. The van der Waals surface area contributed by atoms with Gasteiger partial charge in [0.2, 0.25) is 0 Å². The minimum atomic E-state index is -7.95. The molecule has 29 heavy (non-hydrogen) atoms. The zero-order chi connectivity index (χ0) is 23.3. The van der Waals surface area contributed by atoms with Gasteiger partial charge in [-0.05, 0) is 40.3 Å². The molecule has 168 valence electrons. The third-order valence-corrected chi connectivity index (χ3v) is 4.42. The summed E-state index contributed by atoms with van der Waals surface area (Å²) in [6, 6.07) is 4.07. The summed E-state index contributed by atoms with van der Waals surface area (Å²) in [6.45, 7) is 0. The molecule has 1 atom stereocenters. The molecule has 1 nitrogen and oxygen atoms in total. The van der Waals surface area contributed by atoms with Crippen LogP contribution in [-0.4, -0.2) is 40.9 Å². The van der Waals surface area contributed by atoms with Gasteiger partial charge in [-0.1, -0.05) is 12.1 Å². The van der Waals surface area contributed by atoms with Crippen LogP contribution in [0.1, 0.15) is 18.1 Å². The number of benzene rings is 1. The van der Waals surface area contributed by atoms with Crippen molar-refractivity contribution >= 4 is 22.6 Å². The molecule has 0 amide bonds. The lowest BCUT2D eigenvalue weighted by molar-refractivity contribution is -0.440. The number of aliphatic hydroxyl groups is 1. The van der Waals surface area contributed by atoms with Crippen LogP contribution in [0.5, 0.6) is 0 Å². The molecule has 1 aromatic rings. The molecule has 15 heteroatoms. The molecule has 1 unspecified atom stereocenters. The number of aliphatic hydroxyl groups excluding tert-OH is 1. The first kappa shape index (κ1) is 26.0. The van der Waals surface area contributed by atoms with Gasteiger partial charge in [-0.3, -0.25) is 0 Å². The molecule has 1 N–H and O–H groups in total. The van der Waals surface area contributed by atoms with Crippen LogP contribution in [0.2, 0.25) is 0 Å². The molecule has 0 aliphatic heterocycles. The van der Waals surface area contributed by atoms with Gasteiger partial charge < -0.3 is 5.11 Å². The topological polar surface area (TPSA) is 20.2 Å². The first-order valence-corrected chi connectivity index (χ1v) is 8.10. The van der Waals surface area contributed by atoms with Gasteiger partial charge in [0.05, 0.1) is 6.10 Å². The van der Waals surface area contributed by atoms with Crippen LogP contribution in [-0.2, 0) is 0 Å². The molecular formula is C14H8F13IO. The second-order valence-electron chi connectivity index (χ2n) is 5.77. The van der Waals surface area contributed by atoms with Crippen LogP contribution in [0.25, 0.3) is 0 Å². The second-order valence-corrected chi connectivity index (χ2v) is 7.02. The fraction of sp³-hybridized carbons (Fsp3) is 0.571. The average molecular weight is 566 g/mol. The van der Waals surface area contributed by atoms with Gasteiger partial charge >= 0.3 is 35.8 Å². The van der Waals surface area contributed by atoms with Gasteiger partial charge in [-0.25, -0.2) is 0 Å². The summed E-state index contributed by atoms with van der Waals surface area (Å²) in [5.74, 6) is -37.3. The molecule has 0 radical (unpaired) electrons. The highest BCUT2D eigenvalue weighted by atomic mass is 127. The summed E-state index contributed by atoms with van der Waals surface area (Å²) in [5, 5.41) is 9.49. The van der Waals surface area contributed by atoms with E-state index in [0.29, 0.717) is 3.57 Å². The standard InChI is InChI=1S/C14H8F13IO/c15-9(16,5-8(29)6-1-3-7(28)4-2-6)10(17,18)11(19,20)12(21,22)13(23,24)14(25,26)27/h1-4,8,29H,5H2. The largest absolute Gasteiger partial charge is 0.460 e. The lowest BCUT2D eigenvalue weighted by Gasteiger charge is -2.40. The van der Waals surface area contributed by atoms with Gasteiger partial charge in [-0.15, -0.1) is 0 Å². The Morgan fingerprint density at radius 2 is 1.03 bits per heavy atom. The van der Waals surface area contributed by atoms with Gasteiger partial charge in [0.1, 0.15) is 0 Å². The Hall–Kier alpha value is -1.00. The third kappa shape index (κ3) is 4.25. The van der Waals surface area contributed by atoms with E-state index in [1.807, 2.05) is 0 Å². The molecule has 0 heterocycles. The number of hydrogen-bond donors (Lipinski definition) is 1. The Bertz CT molecular complexity index is 711. The van der Waals surface area contributed by atoms with E-state index in [9.17, 15) is 62.2 Å². The van der Waals surface area contributed by atoms with Crippen LogP contribution in [0.3, 0.4) is 0 Å². The highest BCUT2D eigenvalue weighted by Crippen LogP contribution is 2.61. The first-order chi connectivity index (χ1) is 12.6. The summed E-state index contributed by atoms with van der Waals surface area (Å²) in [6.07, 6.45) is -12.8. The predicted octanol–water partition coefficient (Wildman–Crippen LogP) is 6.45. The maximum Gasteiger partial charge on any atom is 0.460 e. The smallest absolute Gasteiger partial charge is 0.388 e. The Labute approximate surface area is 167 Å². The van der Waals surface area contributed by atoms with Crippen molar-refractivity contribution in [3.63, 3.8) is 0 Å². The van der Waals surface area contributed by atoms with Crippen molar-refractivity contribution < 1.29 is 62.2 Å². The van der Waals surface area contributed by atoms with Crippen molar-refractivity contribution in [3.05, 3.63) is 33.4 Å². The van der Waals surface area contributed by atoms with Gasteiger partial charge in [0.25, 0.3) is 0 Å². The summed E-state index contributed by atoms with van der Waals surface area (Å²) in [5.41, 5.74) is -0.559. The fourth-order valence-electron chi connectivity index (χ4n) is 1.98. The van der Waals surface area contributed by atoms with E-state index in [1.54, 1.807) is 22.6 Å². The van der Waals surface area contributed by atoms with Crippen LogP contribution in [0.15, 0.2) is 24.3 Å². The van der Waals surface area contributed by atoms with E-state index in [4.69, 9.17) is 0 Å². The molecule has 0 spiro atoms. The van der Waals surface area contributed by atoms with E-state index in [0.717, 1.165) is 24.3 Å². The lowest BCUT2D eigenvalue weighted by atomic mass is 9.90. The Kier molecular flexibility index (Phi) is 6.82. The van der Waals surface area contributed by atoms with E-state index in [1.165, 1.54) is 0 Å². The maximum atomic E-state index is 13.7. The maximum absolute atomic E-state index is 13.7. The fourth-order valence-corrected chi connectivity index (χ4v) is 2.34. The monoisotopic (exact) mass is 566 g/mol. The second kappa shape index (κ2) is 7.60. The van der Waals surface area contributed by atoms with Crippen molar-refractivity contribution in [3.8, 4) is 0 Å². The van der Waals surface area contributed by atoms with Crippen molar-refractivity contribution in [2.45, 2.75) is 48.3 Å². The van der Waals surface area contributed by atoms with E-state index in [-0.39, 0.29) is 0 Å². The van der Waals surface area contributed by atoms with Crippen molar-refractivity contribution in [2.24, 2.45) is 0 Å². The molecule has 0 saturated carbocycles. The van der Waals surface area contributed by atoms with Gasteiger partial charge in [0.15, 0.2) is 0 Å². The van der Waals surface area contributed by atoms with Gasteiger partial charge in [-0.2, -0.15) is 57.1 Å². The Morgan fingerprint density at radius 1 is 0.655 bits per heavy atom. The van der Waals surface area contributed by atoms with E-state index < -0.39 is 53.9 Å². The zero-order valence-electron chi connectivity index (χ0n) is 13.3. The van der Waals surface area contributed by atoms with Crippen LogP contribution < -0.4 is 0 Å². The average Bonchev–Trinajstić information content (AvgIpc) is 2.53. The quantitative estimate of drug-likeness (QED) is 0.297. The van der Waals surface area contributed by atoms with Gasteiger partial charge in [0, 0.05) is 9.99 Å². The SMILES string of the molecule is OC(CC(F)(F)C(F)(F)C(F)(F)C(F)(F)C(F)(F)C(F)(F)F)c1ccc(I)cc1. The van der Waals surface area contributed by atoms with Crippen molar-refractivity contribution in [2.75, 3.05) is 0 Å². The summed E-state index contributed by atoms with van der Waals surface area (Å²) in [7, 11) is 0. The number of hydrogen-bond acceptors (Lipinski definition) is 1. The first-order valence-electron chi connectivity index (χ1n) is 7.03. The molecule has 0 fully saturated rings. The van der Waals surface area contributed by atoms with Crippen LogP contribution in [0, 0.1) is 3.57 Å². The summed E-state index contributed by atoms with van der Waals surface area (Å²) >= 11 is 1.70. The zero-order valence-corrected chi connectivity index (χ0v) is 15.5.